The minimum Gasteiger partial charge on any atom is -0.355 e. The van der Waals surface area contributed by atoms with E-state index in [0.717, 1.165) is 22.8 Å². The van der Waals surface area contributed by atoms with Crippen molar-refractivity contribution in [2.24, 2.45) is 0 Å². The molecule has 0 saturated carbocycles. The van der Waals surface area contributed by atoms with Crippen LogP contribution in [-0.2, 0) is 10.1 Å². The van der Waals surface area contributed by atoms with Gasteiger partial charge in [-0.1, -0.05) is 72.3 Å². The number of fused-ring (bicyclic) bond motifs is 2. The molecule has 0 amide bonds. The lowest BCUT2D eigenvalue weighted by atomic mass is 9.80. The lowest BCUT2D eigenvalue weighted by Crippen LogP contribution is -2.24. The molecule has 0 saturated heterocycles. The summed E-state index contributed by atoms with van der Waals surface area (Å²) < 4.78 is 35.2. The summed E-state index contributed by atoms with van der Waals surface area (Å²) in [4.78, 5) is 67.5. The normalized spacial score (nSPS) is 12.0. The predicted molar refractivity (Wildman–Crippen MR) is 213 cm³/mol. The second kappa shape index (κ2) is 13.6. The van der Waals surface area contributed by atoms with Crippen LogP contribution in [0.25, 0.3) is 22.0 Å². The third kappa shape index (κ3) is 6.40. The number of carbonyl (C=O) groups excluding carboxylic acids is 2. The molecule has 0 atom stereocenters. The van der Waals surface area contributed by atoms with E-state index in [1.54, 1.807) is 66.7 Å². The topological polar surface area (TPSA) is 216 Å². The highest BCUT2D eigenvalue weighted by Crippen LogP contribution is 2.44. The van der Waals surface area contributed by atoms with Crippen molar-refractivity contribution in [3.8, 4) is 11.1 Å². The van der Waals surface area contributed by atoms with Crippen molar-refractivity contribution in [1.82, 2.24) is 19.9 Å². The van der Waals surface area contributed by atoms with Crippen molar-refractivity contribution in [3.05, 3.63) is 157 Å². The van der Waals surface area contributed by atoms with Crippen molar-refractivity contribution in [2.45, 2.75) is 25.7 Å². The number of aryl methyl sites for hydroxylation is 3. The standard InChI is InChI=1S/C41H31N7O7S/c1-20-17-21(2)35(22(3)18-20)45-40-46-39(47-41(52)48-40)44-29-19-24(13-16-30(29)56(53,54)55)42-28-15-14-27-32-31(25-11-7-8-12-26(25)37(50)33(28)32)34(38(51)43-27)36(49)23-9-5-4-6-10-23/h4-19,42H,1-3H3,(H,43,51)(H,53,54,55)(H3,44,45,46,47,48,52). The molecule has 7 aromatic rings. The minimum atomic E-state index is -4.81. The number of nitrogens with one attached hydrogen (secondary N) is 5. The highest BCUT2D eigenvalue weighted by atomic mass is 32.2. The maximum Gasteiger partial charge on any atom is 0.351 e. The van der Waals surface area contributed by atoms with Gasteiger partial charge in [0, 0.05) is 39.0 Å². The number of hydrogen-bond donors (Lipinski definition) is 6. The van der Waals surface area contributed by atoms with Crippen LogP contribution in [-0.4, -0.2) is 44.5 Å². The Labute approximate surface area is 318 Å². The molecule has 0 unspecified atom stereocenters. The van der Waals surface area contributed by atoms with Crippen LogP contribution in [0.1, 0.15) is 48.5 Å². The smallest absolute Gasteiger partial charge is 0.351 e. The Bertz CT molecular complexity index is 3030. The van der Waals surface area contributed by atoms with Gasteiger partial charge in [0.05, 0.1) is 22.5 Å². The zero-order valence-electron chi connectivity index (χ0n) is 29.9. The van der Waals surface area contributed by atoms with Crippen LogP contribution in [0, 0.1) is 20.8 Å². The van der Waals surface area contributed by atoms with Crippen molar-refractivity contribution in [3.63, 3.8) is 0 Å². The fourth-order valence-electron chi connectivity index (χ4n) is 7.19. The van der Waals surface area contributed by atoms with Crippen LogP contribution >= 0.6 is 0 Å². The molecule has 0 spiro atoms. The number of pyridine rings is 1. The van der Waals surface area contributed by atoms with Crippen LogP contribution in [0.4, 0.5) is 34.6 Å². The third-order valence-corrected chi connectivity index (χ3v) is 10.4. The fraction of sp³-hybridized carbons (Fsp3) is 0.0732. The van der Waals surface area contributed by atoms with Gasteiger partial charge in [0.25, 0.3) is 15.7 Å². The van der Waals surface area contributed by atoms with Gasteiger partial charge in [0.15, 0.2) is 11.6 Å². The molecule has 1 aliphatic carbocycles. The third-order valence-electron chi connectivity index (χ3n) is 9.47. The summed E-state index contributed by atoms with van der Waals surface area (Å²) in [6.45, 7) is 5.75. The first-order valence-corrected chi connectivity index (χ1v) is 18.7. The van der Waals surface area contributed by atoms with Gasteiger partial charge in [-0.2, -0.15) is 18.4 Å². The quantitative estimate of drug-likeness (QED) is 0.0657. The van der Waals surface area contributed by atoms with Gasteiger partial charge in [-0.25, -0.2) is 4.79 Å². The molecule has 14 nitrogen and oxygen atoms in total. The molecule has 0 fully saturated rings. The van der Waals surface area contributed by atoms with E-state index in [1.807, 2.05) is 32.9 Å². The minimum absolute atomic E-state index is 0.0676. The molecule has 56 heavy (non-hydrogen) atoms. The Morgan fingerprint density at radius 2 is 1.41 bits per heavy atom. The summed E-state index contributed by atoms with van der Waals surface area (Å²) in [5, 5.41) is 9.37. The Hall–Kier alpha value is -7.23. The van der Waals surface area contributed by atoms with Crippen LogP contribution < -0.4 is 27.2 Å². The summed E-state index contributed by atoms with van der Waals surface area (Å²) >= 11 is 0. The van der Waals surface area contributed by atoms with Crippen LogP contribution in [0.3, 0.4) is 0 Å². The number of H-pyrrole nitrogens is 2. The number of aromatic amines is 2. The molecule has 8 rings (SSSR count). The van der Waals surface area contributed by atoms with Crippen molar-refractivity contribution >= 4 is 67.2 Å². The molecule has 0 radical (unpaired) electrons. The van der Waals surface area contributed by atoms with E-state index < -0.39 is 32.0 Å². The molecule has 2 aromatic heterocycles. The summed E-state index contributed by atoms with van der Waals surface area (Å²) in [6, 6.07) is 26.1. The van der Waals surface area contributed by atoms with Crippen molar-refractivity contribution in [1.29, 1.82) is 0 Å². The first kappa shape index (κ1) is 35.8. The van der Waals surface area contributed by atoms with E-state index in [-0.39, 0.29) is 51.4 Å². The van der Waals surface area contributed by atoms with Crippen molar-refractivity contribution < 1.29 is 22.6 Å². The Morgan fingerprint density at radius 1 is 0.714 bits per heavy atom. The Morgan fingerprint density at radius 3 is 2.12 bits per heavy atom. The number of nitrogens with zero attached hydrogens (tertiary/aromatic N) is 2. The zero-order chi connectivity index (χ0) is 39.5. The zero-order valence-corrected chi connectivity index (χ0v) is 30.8. The Kier molecular flexibility index (Phi) is 8.67. The average Bonchev–Trinajstić information content (AvgIpc) is 3.15. The van der Waals surface area contributed by atoms with Crippen LogP contribution in [0.2, 0.25) is 0 Å². The van der Waals surface area contributed by atoms with E-state index in [4.69, 9.17) is 0 Å². The largest absolute Gasteiger partial charge is 0.355 e. The van der Waals surface area contributed by atoms with E-state index in [1.165, 1.54) is 12.1 Å². The van der Waals surface area contributed by atoms with E-state index in [9.17, 15) is 32.1 Å². The summed E-state index contributed by atoms with van der Waals surface area (Å²) in [5.41, 5.74) is 4.17. The summed E-state index contributed by atoms with van der Waals surface area (Å²) in [6.07, 6.45) is 0. The molecule has 0 aliphatic heterocycles. The lowest BCUT2D eigenvalue weighted by Gasteiger charge is -2.24. The second-order valence-electron chi connectivity index (χ2n) is 13.3. The number of benzene rings is 5. The molecule has 15 heteroatoms. The molecule has 2 heterocycles. The van der Waals surface area contributed by atoms with Gasteiger partial charge in [0.2, 0.25) is 11.9 Å². The van der Waals surface area contributed by atoms with E-state index in [2.05, 4.69) is 35.9 Å². The number of anilines is 6. The maximum atomic E-state index is 14.3. The van der Waals surface area contributed by atoms with Crippen LogP contribution in [0.5, 0.6) is 0 Å². The monoisotopic (exact) mass is 765 g/mol. The number of aromatic nitrogens is 4. The molecule has 0 bridgehead atoms. The van der Waals surface area contributed by atoms with Gasteiger partial charge in [0.1, 0.15) is 4.90 Å². The first-order chi connectivity index (χ1) is 26.8. The van der Waals surface area contributed by atoms with Gasteiger partial charge >= 0.3 is 5.69 Å². The molecule has 1 aliphatic rings. The average molecular weight is 766 g/mol. The van der Waals surface area contributed by atoms with E-state index >= 15 is 0 Å². The van der Waals surface area contributed by atoms with Gasteiger partial charge < -0.3 is 20.9 Å². The van der Waals surface area contributed by atoms with Crippen LogP contribution in [0.15, 0.2) is 112 Å². The number of rotatable bonds is 9. The first-order valence-electron chi connectivity index (χ1n) is 17.2. The van der Waals surface area contributed by atoms with Crippen molar-refractivity contribution in [2.75, 3.05) is 16.0 Å². The summed E-state index contributed by atoms with van der Waals surface area (Å²) in [7, 11) is -4.81. The van der Waals surface area contributed by atoms with Gasteiger partial charge in [-0.05, 0) is 67.8 Å². The maximum absolute atomic E-state index is 14.3. The highest BCUT2D eigenvalue weighted by Gasteiger charge is 2.33. The van der Waals surface area contributed by atoms with E-state index in [0.29, 0.717) is 33.3 Å². The number of ketones is 2. The fourth-order valence-corrected chi connectivity index (χ4v) is 7.81. The SMILES string of the molecule is Cc1cc(C)c(Nc2nc(Nc3cc(Nc4ccc5[nH]c(=O)c(C(=O)c6ccccc6)c6c5c4C(=O)c4ccccc4-6)ccc3S(=O)(=O)O)[nH]c(=O)n2)c(C)c1. The lowest BCUT2D eigenvalue weighted by molar-refractivity contribution is 0.102. The number of hydrogen-bond acceptors (Lipinski definition) is 11. The second-order valence-corrected chi connectivity index (χ2v) is 14.7. The molecule has 6 N–H and O–H groups in total. The molecular weight excluding hydrogens is 735 g/mol. The molecular formula is C41H31N7O7S. The van der Waals surface area contributed by atoms with Gasteiger partial charge in [-0.15, -0.1) is 0 Å². The summed E-state index contributed by atoms with van der Waals surface area (Å²) in [5.74, 6) is -1.15. The highest BCUT2D eigenvalue weighted by molar-refractivity contribution is 7.86. The predicted octanol–water partition coefficient (Wildman–Crippen LogP) is 6.85. The Balaban J connectivity index is 1.23. The molecule has 278 valence electrons. The number of carbonyl (C=O) groups is 2. The molecule has 5 aromatic carbocycles. The van der Waals surface area contributed by atoms with Gasteiger partial charge in [-0.3, -0.25) is 23.9 Å².